The van der Waals surface area contributed by atoms with Crippen molar-refractivity contribution in [2.24, 2.45) is 5.73 Å². The molecule has 0 radical (unpaired) electrons. The SMILES string of the molecule is NC(c1cc2sccc2s1)c1cccc2cnccc12. The lowest BCUT2D eigenvalue weighted by atomic mass is 10.00. The molecular weight excluding hydrogens is 284 g/mol. The van der Waals surface area contributed by atoms with Crippen molar-refractivity contribution in [3.8, 4) is 0 Å². The van der Waals surface area contributed by atoms with E-state index in [1.54, 1.807) is 22.7 Å². The number of aromatic nitrogens is 1. The topological polar surface area (TPSA) is 38.9 Å². The average Bonchev–Trinajstić information content (AvgIpc) is 3.07. The highest BCUT2D eigenvalue weighted by molar-refractivity contribution is 7.27. The van der Waals surface area contributed by atoms with Crippen molar-refractivity contribution in [1.29, 1.82) is 0 Å². The zero-order valence-corrected chi connectivity index (χ0v) is 12.2. The van der Waals surface area contributed by atoms with E-state index in [0.29, 0.717) is 0 Å². The second-order valence-corrected chi connectivity index (χ2v) is 6.78. The van der Waals surface area contributed by atoms with Crippen molar-refractivity contribution < 1.29 is 0 Å². The Morgan fingerprint density at radius 2 is 2.05 bits per heavy atom. The number of nitrogens with two attached hydrogens (primary N) is 1. The highest BCUT2D eigenvalue weighted by atomic mass is 32.1. The van der Waals surface area contributed by atoms with Crippen molar-refractivity contribution in [2.45, 2.75) is 6.04 Å². The van der Waals surface area contributed by atoms with Crippen LogP contribution in [0.1, 0.15) is 16.5 Å². The Morgan fingerprint density at radius 3 is 2.95 bits per heavy atom. The molecule has 1 aromatic carbocycles. The molecule has 4 aromatic rings. The summed E-state index contributed by atoms with van der Waals surface area (Å²) in [7, 11) is 0. The second kappa shape index (κ2) is 4.66. The average molecular weight is 296 g/mol. The van der Waals surface area contributed by atoms with Gasteiger partial charge in [-0.2, -0.15) is 0 Å². The molecule has 0 fully saturated rings. The molecule has 0 saturated carbocycles. The van der Waals surface area contributed by atoms with Gasteiger partial charge in [0.1, 0.15) is 0 Å². The van der Waals surface area contributed by atoms with Crippen LogP contribution in [-0.2, 0) is 0 Å². The molecule has 0 aliphatic carbocycles. The fraction of sp³-hybridized carbons (Fsp3) is 0.0625. The number of thiophene rings is 2. The normalized spacial score (nSPS) is 13.1. The molecule has 2 N–H and O–H groups in total. The second-order valence-electron chi connectivity index (χ2n) is 4.72. The number of hydrogen-bond donors (Lipinski definition) is 1. The van der Waals surface area contributed by atoms with Crippen LogP contribution in [0.15, 0.2) is 54.2 Å². The summed E-state index contributed by atoms with van der Waals surface area (Å²) < 4.78 is 2.64. The van der Waals surface area contributed by atoms with Gasteiger partial charge in [0, 0.05) is 32.1 Å². The molecule has 98 valence electrons. The van der Waals surface area contributed by atoms with Gasteiger partial charge in [-0.25, -0.2) is 0 Å². The molecule has 3 aromatic heterocycles. The lowest BCUT2D eigenvalue weighted by Gasteiger charge is -2.12. The van der Waals surface area contributed by atoms with E-state index in [-0.39, 0.29) is 6.04 Å². The summed E-state index contributed by atoms with van der Waals surface area (Å²) in [4.78, 5) is 5.39. The van der Waals surface area contributed by atoms with Gasteiger partial charge in [-0.05, 0) is 34.5 Å². The summed E-state index contributed by atoms with van der Waals surface area (Å²) in [6, 6.07) is 12.6. The van der Waals surface area contributed by atoms with Gasteiger partial charge in [-0.1, -0.05) is 18.2 Å². The van der Waals surface area contributed by atoms with Gasteiger partial charge < -0.3 is 5.73 Å². The maximum absolute atomic E-state index is 6.50. The molecule has 1 atom stereocenters. The molecule has 4 rings (SSSR count). The third kappa shape index (κ3) is 1.85. The van der Waals surface area contributed by atoms with Crippen LogP contribution in [0.3, 0.4) is 0 Å². The van der Waals surface area contributed by atoms with E-state index >= 15 is 0 Å². The molecule has 0 saturated heterocycles. The molecule has 4 heteroatoms. The Balaban J connectivity index is 1.87. The highest BCUT2D eigenvalue weighted by Crippen LogP contribution is 2.36. The van der Waals surface area contributed by atoms with E-state index in [4.69, 9.17) is 5.73 Å². The Hall–Kier alpha value is -1.75. The molecule has 3 heterocycles. The van der Waals surface area contributed by atoms with Crippen molar-refractivity contribution >= 4 is 42.8 Å². The quantitative estimate of drug-likeness (QED) is 0.589. The maximum atomic E-state index is 6.50. The number of nitrogens with zero attached hydrogens (tertiary/aromatic N) is 1. The summed E-state index contributed by atoms with van der Waals surface area (Å²) in [5.41, 5.74) is 7.67. The van der Waals surface area contributed by atoms with Crippen molar-refractivity contribution in [2.75, 3.05) is 0 Å². The van der Waals surface area contributed by atoms with Crippen molar-refractivity contribution in [1.82, 2.24) is 4.98 Å². The van der Waals surface area contributed by atoms with Crippen LogP contribution < -0.4 is 5.73 Å². The largest absolute Gasteiger partial charge is 0.320 e. The first-order valence-corrected chi connectivity index (χ1v) is 8.08. The molecule has 1 unspecified atom stereocenters. The van der Waals surface area contributed by atoms with Crippen LogP contribution in [0, 0.1) is 0 Å². The fourth-order valence-corrected chi connectivity index (χ4v) is 4.65. The minimum atomic E-state index is -0.0781. The summed E-state index contributed by atoms with van der Waals surface area (Å²) >= 11 is 3.55. The van der Waals surface area contributed by atoms with Crippen LogP contribution >= 0.6 is 22.7 Å². The number of hydrogen-bond acceptors (Lipinski definition) is 4. The smallest absolute Gasteiger partial charge is 0.0652 e. The van der Waals surface area contributed by atoms with Gasteiger partial charge in [0.05, 0.1) is 6.04 Å². The van der Waals surface area contributed by atoms with Crippen LogP contribution in [0.4, 0.5) is 0 Å². The van der Waals surface area contributed by atoms with E-state index in [1.807, 2.05) is 18.5 Å². The summed E-state index contributed by atoms with van der Waals surface area (Å²) in [5, 5.41) is 4.45. The molecule has 0 aliphatic rings. The number of pyridine rings is 1. The molecule has 0 bridgehead atoms. The zero-order valence-electron chi connectivity index (χ0n) is 10.6. The highest BCUT2D eigenvalue weighted by Gasteiger charge is 2.15. The summed E-state index contributed by atoms with van der Waals surface area (Å²) in [6.07, 6.45) is 3.71. The standard InChI is InChI=1S/C16H12N2S2/c17-16(15-8-14-13(20-15)5-7-19-14)12-3-1-2-10-9-18-6-4-11(10)12/h1-9,16H,17H2. The number of fused-ring (bicyclic) bond motifs is 2. The first-order chi connectivity index (χ1) is 9.83. The van der Waals surface area contributed by atoms with Crippen LogP contribution in [0.5, 0.6) is 0 Å². The fourth-order valence-electron chi connectivity index (χ4n) is 2.51. The molecular formula is C16H12N2S2. The third-order valence-corrected chi connectivity index (χ3v) is 5.69. The van der Waals surface area contributed by atoms with Gasteiger partial charge in [0.25, 0.3) is 0 Å². The van der Waals surface area contributed by atoms with Gasteiger partial charge in [0.2, 0.25) is 0 Å². The van der Waals surface area contributed by atoms with Gasteiger partial charge in [-0.15, -0.1) is 22.7 Å². The summed E-state index contributed by atoms with van der Waals surface area (Å²) in [5.74, 6) is 0. The predicted octanol–water partition coefficient (Wildman–Crippen LogP) is 4.56. The predicted molar refractivity (Wildman–Crippen MR) is 87.5 cm³/mol. The molecule has 0 aliphatic heterocycles. The van der Waals surface area contributed by atoms with E-state index in [2.05, 4.69) is 40.7 Å². The minimum Gasteiger partial charge on any atom is -0.320 e. The Labute approximate surface area is 124 Å². The van der Waals surface area contributed by atoms with Crippen LogP contribution in [0.2, 0.25) is 0 Å². The molecule has 2 nitrogen and oxygen atoms in total. The lowest BCUT2D eigenvalue weighted by molar-refractivity contribution is 0.904. The first-order valence-electron chi connectivity index (χ1n) is 6.38. The molecule has 20 heavy (non-hydrogen) atoms. The maximum Gasteiger partial charge on any atom is 0.0652 e. The Kier molecular flexibility index (Phi) is 2.80. The first kappa shape index (κ1) is 12.0. The van der Waals surface area contributed by atoms with Gasteiger partial charge >= 0.3 is 0 Å². The van der Waals surface area contributed by atoms with E-state index < -0.39 is 0 Å². The van der Waals surface area contributed by atoms with E-state index in [9.17, 15) is 0 Å². The van der Waals surface area contributed by atoms with Gasteiger partial charge in [0.15, 0.2) is 0 Å². The van der Waals surface area contributed by atoms with E-state index in [0.717, 1.165) is 5.39 Å². The zero-order chi connectivity index (χ0) is 13.5. The number of rotatable bonds is 2. The van der Waals surface area contributed by atoms with Crippen molar-refractivity contribution in [3.05, 3.63) is 64.6 Å². The van der Waals surface area contributed by atoms with Crippen LogP contribution in [0.25, 0.3) is 20.2 Å². The summed E-state index contributed by atoms with van der Waals surface area (Å²) in [6.45, 7) is 0. The van der Waals surface area contributed by atoms with E-state index in [1.165, 1.54) is 25.2 Å². The Bertz CT molecular complexity index is 858. The monoisotopic (exact) mass is 296 g/mol. The minimum absolute atomic E-state index is 0.0781. The molecule has 0 spiro atoms. The van der Waals surface area contributed by atoms with Crippen LogP contribution in [-0.4, -0.2) is 4.98 Å². The third-order valence-electron chi connectivity index (χ3n) is 3.51. The Morgan fingerprint density at radius 1 is 1.10 bits per heavy atom. The molecule has 0 amide bonds. The lowest BCUT2D eigenvalue weighted by Crippen LogP contribution is -2.10. The van der Waals surface area contributed by atoms with Gasteiger partial charge in [-0.3, -0.25) is 4.98 Å². The number of benzene rings is 1. The van der Waals surface area contributed by atoms with Crippen molar-refractivity contribution in [3.63, 3.8) is 0 Å².